The van der Waals surface area contributed by atoms with Gasteiger partial charge < -0.3 is 35.3 Å². The molecule has 0 saturated carbocycles. The van der Waals surface area contributed by atoms with Crippen molar-refractivity contribution in [1.29, 1.82) is 0 Å². The minimum absolute atomic E-state index is 0.170. The molecular formula is C9H17NO7. The van der Waals surface area contributed by atoms with Gasteiger partial charge in [0.2, 0.25) is 0 Å². The van der Waals surface area contributed by atoms with Crippen molar-refractivity contribution in [3.8, 4) is 0 Å². The molecule has 1 rings (SSSR count). The van der Waals surface area contributed by atoms with Crippen LogP contribution in [0.4, 0.5) is 0 Å². The Hall–Kier alpha value is -0.770. The molecule has 0 unspecified atom stereocenters. The first-order valence-electron chi connectivity index (χ1n) is 5.08. The molecule has 5 N–H and O–H groups in total. The van der Waals surface area contributed by atoms with Crippen LogP contribution >= 0.6 is 0 Å². The number of nitrogens with two attached hydrogens (primary N) is 1. The molecule has 0 aromatic carbocycles. The van der Waals surface area contributed by atoms with Gasteiger partial charge in [0.25, 0.3) is 0 Å². The first-order chi connectivity index (χ1) is 7.97. The fourth-order valence-corrected chi connectivity index (χ4v) is 1.34. The van der Waals surface area contributed by atoms with Gasteiger partial charge in [-0.25, -0.2) is 0 Å². The molecule has 0 bridgehead atoms. The number of rotatable bonds is 4. The largest absolute Gasteiger partial charge is 0.468 e. The Balaban J connectivity index is 2.39. The van der Waals surface area contributed by atoms with E-state index < -0.39 is 36.6 Å². The van der Waals surface area contributed by atoms with Crippen LogP contribution in [0.15, 0.2) is 0 Å². The second kappa shape index (κ2) is 6.24. The quantitative estimate of drug-likeness (QED) is 0.387. The average molecular weight is 251 g/mol. The summed E-state index contributed by atoms with van der Waals surface area (Å²) in [6, 6.07) is -1.00. The topological polar surface area (TPSA) is 131 Å². The number of aliphatic hydroxyl groups excluding tert-OH is 3. The van der Waals surface area contributed by atoms with Gasteiger partial charge in [-0.3, -0.25) is 4.79 Å². The van der Waals surface area contributed by atoms with E-state index in [0.29, 0.717) is 0 Å². The Labute approximate surface area is 97.9 Å². The molecule has 0 amide bonds. The predicted octanol–water partition coefficient (Wildman–Crippen LogP) is -3.06. The monoisotopic (exact) mass is 251 g/mol. The van der Waals surface area contributed by atoms with Gasteiger partial charge in [-0.15, -0.1) is 0 Å². The maximum absolute atomic E-state index is 11.0. The van der Waals surface area contributed by atoms with Crippen LogP contribution in [0.5, 0.6) is 0 Å². The van der Waals surface area contributed by atoms with Gasteiger partial charge in [0.05, 0.1) is 20.3 Å². The number of hydrogen-bond donors (Lipinski definition) is 4. The SMILES string of the molecule is COC(=O)[C@@H](N)CO[C@H]1OC[C@@H](O)[C@H](O)[C@H]1O. The summed E-state index contributed by atoms with van der Waals surface area (Å²) in [6.07, 6.45) is -5.06. The van der Waals surface area contributed by atoms with Crippen LogP contribution in [0.25, 0.3) is 0 Å². The van der Waals surface area contributed by atoms with E-state index in [-0.39, 0.29) is 13.2 Å². The molecule has 0 aromatic rings. The van der Waals surface area contributed by atoms with Gasteiger partial charge in [0, 0.05) is 0 Å². The average Bonchev–Trinajstić information content (AvgIpc) is 2.33. The number of carbonyl (C=O) groups is 1. The summed E-state index contributed by atoms with van der Waals surface area (Å²) in [5, 5.41) is 28.0. The first kappa shape index (κ1) is 14.3. The van der Waals surface area contributed by atoms with Gasteiger partial charge >= 0.3 is 5.97 Å². The van der Waals surface area contributed by atoms with Crippen molar-refractivity contribution >= 4 is 5.97 Å². The van der Waals surface area contributed by atoms with Crippen molar-refractivity contribution in [1.82, 2.24) is 0 Å². The number of hydrogen-bond acceptors (Lipinski definition) is 8. The third kappa shape index (κ3) is 3.60. The minimum Gasteiger partial charge on any atom is -0.468 e. The summed E-state index contributed by atoms with van der Waals surface area (Å²) < 4.78 is 14.4. The Morgan fingerprint density at radius 3 is 2.71 bits per heavy atom. The summed E-state index contributed by atoms with van der Waals surface area (Å²) in [6.45, 7) is -0.395. The summed E-state index contributed by atoms with van der Waals surface area (Å²) >= 11 is 0. The fraction of sp³-hybridized carbons (Fsp3) is 0.889. The fourth-order valence-electron chi connectivity index (χ4n) is 1.34. The number of esters is 1. The van der Waals surface area contributed by atoms with Crippen molar-refractivity contribution < 1.29 is 34.3 Å². The zero-order chi connectivity index (χ0) is 13.0. The van der Waals surface area contributed by atoms with Gasteiger partial charge in [-0.05, 0) is 0 Å². The first-order valence-corrected chi connectivity index (χ1v) is 5.08. The van der Waals surface area contributed by atoms with Gasteiger partial charge in [-0.2, -0.15) is 0 Å². The van der Waals surface area contributed by atoms with Gasteiger partial charge in [0.15, 0.2) is 6.29 Å². The summed E-state index contributed by atoms with van der Waals surface area (Å²) in [4.78, 5) is 11.0. The van der Waals surface area contributed by atoms with Crippen LogP contribution in [0.3, 0.4) is 0 Å². The van der Waals surface area contributed by atoms with Gasteiger partial charge in [0.1, 0.15) is 24.4 Å². The maximum atomic E-state index is 11.0. The third-order valence-electron chi connectivity index (χ3n) is 2.40. The molecule has 1 aliphatic rings. The molecule has 1 aliphatic heterocycles. The van der Waals surface area contributed by atoms with E-state index in [9.17, 15) is 20.1 Å². The van der Waals surface area contributed by atoms with Crippen molar-refractivity contribution in [2.75, 3.05) is 20.3 Å². The van der Waals surface area contributed by atoms with Crippen molar-refractivity contribution in [2.24, 2.45) is 5.73 Å². The molecule has 0 spiro atoms. The highest BCUT2D eigenvalue weighted by molar-refractivity contribution is 5.75. The second-order valence-electron chi connectivity index (χ2n) is 3.71. The molecule has 1 heterocycles. The molecule has 17 heavy (non-hydrogen) atoms. The zero-order valence-corrected chi connectivity index (χ0v) is 9.35. The maximum Gasteiger partial charge on any atom is 0.325 e. The van der Waals surface area contributed by atoms with Crippen molar-refractivity contribution in [3.63, 3.8) is 0 Å². The second-order valence-corrected chi connectivity index (χ2v) is 3.71. The zero-order valence-electron chi connectivity index (χ0n) is 9.35. The van der Waals surface area contributed by atoms with Gasteiger partial charge in [-0.1, -0.05) is 0 Å². The normalized spacial score (nSPS) is 35.4. The minimum atomic E-state index is -1.40. The molecule has 1 saturated heterocycles. The molecule has 0 aromatic heterocycles. The van der Waals surface area contributed by atoms with E-state index in [1.807, 2.05) is 0 Å². The predicted molar refractivity (Wildman–Crippen MR) is 53.7 cm³/mol. The van der Waals surface area contributed by atoms with Crippen LogP contribution in [0, 0.1) is 0 Å². The lowest BCUT2D eigenvalue weighted by molar-refractivity contribution is -0.270. The van der Waals surface area contributed by atoms with Crippen LogP contribution in [-0.4, -0.2) is 72.3 Å². The van der Waals surface area contributed by atoms with E-state index >= 15 is 0 Å². The molecule has 8 nitrogen and oxygen atoms in total. The van der Waals surface area contributed by atoms with E-state index in [1.54, 1.807) is 0 Å². The highest BCUT2D eigenvalue weighted by atomic mass is 16.7. The van der Waals surface area contributed by atoms with E-state index in [1.165, 1.54) is 7.11 Å². The Bertz CT molecular complexity index is 262. The number of aliphatic hydroxyl groups is 3. The molecule has 8 heteroatoms. The smallest absolute Gasteiger partial charge is 0.325 e. The third-order valence-corrected chi connectivity index (χ3v) is 2.40. The molecular weight excluding hydrogens is 234 g/mol. The number of methoxy groups -OCH3 is 1. The van der Waals surface area contributed by atoms with Crippen molar-refractivity contribution in [2.45, 2.75) is 30.6 Å². The highest BCUT2D eigenvalue weighted by Gasteiger charge is 2.38. The molecule has 5 atom stereocenters. The standard InChI is InChI=1S/C9H17NO7/c1-15-8(14)4(10)2-16-9-7(13)6(12)5(11)3-17-9/h4-7,9,11-13H,2-3,10H2,1H3/t4-,5+,6-,7+,9-/m0/s1. The summed E-state index contributed by atoms with van der Waals surface area (Å²) in [5.74, 6) is -0.657. The Kier molecular flexibility index (Phi) is 5.25. The van der Waals surface area contributed by atoms with Crippen LogP contribution in [-0.2, 0) is 19.0 Å². The lowest BCUT2D eigenvalue weighted by atomic mass is 10.1. The lowest BCUT2D eigenvalue weighted by Gasteiger charge is -2.35. The Morgan fingerprint density at radius 2 is 2.12 bits per heavy atom. The van der Waals surface area contributed by atoms with Crippen LogP contribution in [0.1, 0.15) is 0 Å². The molecule has 0 aliphatic carbocycles. The van der Waals surface area contributed by atoms with E-state index in [4.69, 9.17) is 15.2 Å². The summed E-state index contributed by atoms with van der Waals surface area (Å²) in [5.41, 5.74) is 5.40. The molecule has 0 radical (unpaired) electrons. The van der Waals surface area contributed by atoms with Crippen molar-refractivity contribution in [3.05, 3.63) is 0 Å². The summed E-state index contributed by atoms with van der Waals surface area (Å²) in [7, 11) is 1.19. The van der Waals surface area contributed by atoms with E-state index in [2.05, 4.69) is 4.74 Å². The molecule has 100 valence electrons. The number of ether oxygens (including phenoxy) is 3. The molecule has 1 fully saturated rings. The highest BCUT2D eigenvalue weighted by Crippen LogP contribution is 2.16. The van der Waals surface area contributed by atoms with E-state index in [0.717, 1.165) is 0 Å². The Morgan fingerprint density at radius 1 is 1.47 bits per heavy atom. The van der Waals surface area contributed by atoms with Crippen LogP contribution < -0.4 is 5.73 Å². The lowest BCUT2D eigenvalue weighted by Crippen LogP contribution is -2.54. The number of carbonyl (C=O) groups excluding carboxylic acids is 1. The van der Waals surface area contributed by atoms with Crippen LogP contribution in [0.2, 0.25) is 0 Å².